The highest BCUT2D eigenvalue weighted by atomic mass is 32.2. The Bertz CT molecular complexity index is 1880. The van der Waals surface area contributed by atoms with E-state index in [0.717, 1.165) is 5.57 Å². The molecule has 10 nitrogen and oxygen atoms in total. The molecule has 0 fully saturated rings. The van der Waals surface area contributed by atoms with E-state index in [4.69, 9.17) is 21.8 Å². The molecule has 2 aromatic carbocycles. The Morgan fingerprint density at radius 3 is 2.58 bits per heavy atom. The average molecular weight is 578 g/mol. The normalized spacial score (nSPS) is 15.1. The van der Waals surface area contributed by atoms with Gasteiger partial charge in [0, 0.05) is 40.9 Å². The number of anilines is 1. The van der Waals surface area contributed by atoms with Gasteiger partial charge in [-0.2, -0.15) is 0 Å². The van der Waals surface area contributed by atoms with Crippen molar-refractivity contribution in [1.82, 2.24) is 5.32 Å². The molecular weight excluding hydrogens is 554 g/mol. The van der Waals surface area contributed by atoms with Crippen molar-refractivity contribution in [2.24, 2.45) is 5.14 Å². The molecule has 1 aliphatic heterocycles. The van der Waals surface area contributed by atoms with Gasteiger partial charge in [0.2, 0.25) is 10.0 Å². The summed E-state index contributed by atoms with van der Waals surface area (Å²) >= 11 is 5.37. The van der Waals surface area contributed by atoms with Crippen molar-refractivity contribution in [2.75, 3.05) is 11.9 Å². The first kappa shape index (κ1) is 27.1. The third-order valence-electron chi connectivity index (χ3n) is 6.47. The van der Waals surface area contributed by atoms with Gasteiger partial charge in [0.15, 0.2) is 10.5 Å². The standard InChI is InChI=1S/C28H23N3O7S2/c29-40(36,37)19-6-1-15(2-7-19)14-30-28(39)31-16-3-8-20(23(11-16)27(34)35)26-21-9-4-17(32)12-24(21)38-25-13-18(33)5-10-22(25)26/h1-6,8-13,19,32H,7,14H2,(H,34,35)(H2,29,36,37)(H2,30,31,39). The molecule has 204 valence electrons. The highest BCUT2D eigenvalue weighted by Crippen LogP contribution is 2.42. The van der Waals surface area contributed by atoms with Gasteiger partial charge in [-0.05, 0) is 66.2 Å². The van der Waals surface area contributed by atoms with Crippen LogP contribution in [-0.4, -0.2) is 41.5 Å². The zero-order chi connectivity index (χ0) is 28.6. The number of primary sulfonamides is 1. The second-order valence-electron chi connectivity index (χ2n) is 9.19. The molecule has 0 bridgehead atoms. The average Bonchev–Trinajstić information content (AvgIpc) is 2.90. The van der Waals surface area contributed by atoms with E-state index in [9.17, 15) is 28.2 Å². The van der Waals surface area contributed by atoms with Crippen LogP contribution in [0.4, 0.5) is 5.69 Å². The number of carboxylic acids is 1. The fourth-order valence-electron chi connectivity index (χ4n) is 4.54. The maximum absolute atomic E-state index is 12.4. The summed E-state index contributed by atoms with van der Waals surface area (Å²) in [5.41, 5.74) is 2.71. The summed E-state index contributed by atoms with van der Waals surface area (Å²) in [5.74, 6) is -0.964. The molecule has 40 heavy (non-hydrogen) atoms. The van der Waals surface area contributed by atoms with E-state index < -0.39 is 21.2 Å². The third kappa shape index (κ3) is 5.59. The summed E-state index contributed by atoms with van der Waals surface area (Å²) < 4.78 is 28.8. The Kier molecular flexibility index (Phi) is 7.15. The van der Waals surface area contributed by atoms with Gasteiger partial charge in [0.05, 0.1) is 10.8 Å². The summed E-state index contributed by atoms with van der Waals surface area (Å²) in [4.78, 5) is 24.4. The monoisotopic (exact) mass is 577 g/mol. The molecular formula is C28H23N3O7S2. The zero-order valence-electron chi connectivity index (χ0n) is 20.7. The number of benzene rings is 3. The van der Waals surface area contributed by atoms with Gasteiger partial charge in [-0.3, -0.25) is 4.79 Å². The number of nitrogens with one attached hydrogen (secondary N) is 2. The van der Waals surface area contributed by atoms with Gasteiger partial charge in [-0.25, -0.2) is 18.4 Å². The Labute approximate surface area is 233 Å². The fraction of sp³-hybridized carbons (Fsp3) is 0.107. The van der Waals surface area contributed by atoms with E-state index in [1.165, 1.54) is 36.4 Å². The van der Waals surface area contributed by atoms with Crippen molar-refractivity contribution >= 4 is 50.0 Å². The van der Waals surface area contributed by atoms with Crippen LogP contribution in [0.25, 0.3) is 33.4 Å². The fourth-order valence-corrected chi connectivity index (χ4v) is 5.40. The van der Waals surface area contributed by atoms with Crippen LogP contribution < -0.4 is 21.2 Å². The molecule has 1 heterocycles. The van der Waals surface area contributed by atoms with E-state index in [2.05, 4.69) is 10.6 Å². The lowest BCUT2D eigenvalue weighted by Crippen LogP contribution is -2.31. The number of carbonyl (C=O) groups is 1. The molecule has 0 saturated carbocycles. The number of phenolic OH excluding ortho intramolecular Hbond substituents is 1. The number of fused-ring (bicyclic) bond motifs is 2. The van der Waals surface area contributed by atoms with Crippen LogP contribution in [0.1, 0.15) is 16.8 Å². The molecule has 1 atom stereocenters. The molecule has 3 aliphatic rings. The lowest BCUT2D eigenvalue weighted by Gasteiger charge is -2.18. The van der Waals surface area contributed by atoms with Crippen LogP contribution >= 0.6 is 12.2 Å². The number of thiocarbonyl (C=S) groups is 1. The molecule has 0 saturated heterocycles. The molecule has 2 aromatic rings. The van der Waals surface area contributed by atoms with Crippen LogP contribution in [0.3, 0.4) is 0 Å². The third-order valence-corrected chi connectivity index (χ3v) is 7.91. The number of aromatic hydroxyl groups is 1. The van der Waals surface area contributed by atoms with E-state index >= 15 is 0 Å². The highest BCUT2D eigenvalue weighted by Gasteiger charge is 2.23. The number of rotatable bonds is 6. The van der Waals surface area contributed by atoms with E-state index in [1.54, 1.807) is 36.4 Å². The minimum absolute atomic E-state index is 0.0205. The van der Waals surface area contributed by atoms with Gasteiger partial charge >= 0.3 is 5.97 Å². The number of phenols is 1. The lowest BCUT2D eigenvalue weighted by atomic mass is 9.90. The van der Waals surface area contributed by atoms with Crippen LogP contribution in [0, 0.1) is 0 Å². The molecule has 2 aliphatic carbocycles. The highest BCUT2D eigenvalue weighted by molar-refractivity contribution is 7.89. The van der Waals surface area contributed by atoms with E-state index in [1.807, 2.05) is 0 Å². The van der Waals surface area contributed by atoms with Crippen molar-refractivity contribution in [1.29, 1.82) is 0 Å². The first-order valence-electron chi connectivity index (χ1n) is 12.0. The minimum atomic E-state index is -3.65. The van der Waals surface area contributed by atoms with Crippen molar-refractivity contribution in [3.63, 3.8) is 0 Å². The van der Waals surface area contributed by atoms with Crippen LogP contribution in [0.15, 0.2) is 87.6 Å². The Hall–Kier alpha value is -4.52. The zero-order valence-corrected chi connectivity index (χ0v) is 22.4. The van der Waals surface area contributed by atoms with Crippen LogP contribution in [0.5, 0.6) is 5.75 Å². The first-order chi connectivity index (χ1) is 19.0. The molecule has 0 spiro atoms. The van der Waals surface area contributed by atoms with Crippen molar-refractivity contribution in [2.45, 2.75) is 11.7 Å². The Morgan fingerprint density at radius 2 is 1.88 bits per heavy atom. The second-order valence-corrected chi connectivity index (χ2v) is 11.4. The Morgan fingerprint density at radius 1 is 1.10 bits per heavy atom. The van der Waals surface area contributed by atoms with Gasteiger partial charge in [0.1, 0.15) is 17.1 Å². The number of allylic oxidation sites excluding steroid dienone is 1. The van der Waals surface area contributed by atoms with Crippen LogP contribution in [0.2, 0.25) is 0 Å². The van der Waals surface area contributed by atoms with Crippen LogP contribution in [-0.2, 0) is 10.0 Å². The number of sulfonamides is 1. The van der Waals surface area contributed by atoms with Gasteiger partial charge in [-0.15, -0.1) is 0 Å². The molecule has 1 unspecified atom stereocenters. The largest absolute Gasteiger partial charge is 0.508 e. The minimum Gasteiger partial charge on any atom is -0.508 e. The summed E-state index contributed by atoms with van der Waals surface area (Å²) in [7, 11) is -3.65. The molecule has 0 radical (unpaired) electrons. The van der Waals surface area contributed by atoms with Crippen molar-refractivity contribution < 1.29 is 27.8 Å². The summed E-state index contributed by atoms with van der Waals surface area (Å²) in [6.07, 6.45) is 5.23. The maximum Gasteiger partial charge on any atom is 0.336 e. The first-order valence-corrected chi connectivity index (χ1v) is 14.0. The Balaban J connectivity index is 1.44. The number of hydrogen-bond acceptors (Lipinski definition) is 7. The quantitative estimate of drug-likeness (QED) is 0.168. The van der Waals surface area contributed by atoms with E-state index in [-0.39, 0.29) is 34.0 Å². The number of hydrogen-bond donors (Lipinski definition) is 5. The number of aromatic carboxylic acids is 1. The molecule has 0 amide bonds. The second kappa shape index (κ2) is 10.6. The molecule has 0 aromatic heterocycles. The summed E-state index contributed by atoms with van der Waals surface area (Å²) in [5, 5.41) is 31.3. The van der Waals surface area contributed by atoms with Crippen molar-refractivity contribution in [3.8, 4) is 28.2 Å². The number of nitrogens with two attached hydrogens (primary N) is 1. The predicted molar refractivity (Wildman–Crippen MR) is 156 cm³/mol. The van der Waals surface area contributed by atoms with Gasteiger partial charge in [-0.1, -0.05) is 24.3 Å². The number of carboxylic acid groups (broad SMARTS) is 1. The predicted octanol–water partition coefficient (Wildman–Crippen LogP) is 3.80. The van der Waals surface area contributed by atoms with Crippen molar-refractivity contribution in [3.05, 3.63) is 94.2 Å². The van der Waals surface area contributed by atoms with Gasteiger partial charge < -0.3 is 25.3 Å². The SMILES string of the molecule is NS(=O)(=O)C1C=CC(CNC(=S)Nc2ccc(-c3c4ccc(=O)cc-4oc4cc(O)ccc34)c(C(=O)O)c2)=CC1. The maximum atomic E-state index is 12.4. The topological polar surface area (TPSA) is 172 Å². The molecule has 5 rings (SSSR count). The van der Waals surface area contributed by atoms with Gasteiger partial charge in [0.25, 0.3) is 0 Å². The molecule has 12 heteroatoms. The summed E-state index contributed by atoms with van der Waals surface area (Å²) in [6, 6.07) is 13.5. The molecule has 6 N–H and O–H groups in total. The lowest BCUT2D eigenvalue weighted by molar-refractivity contribution is 0.0697. The van der Waals surface area contributed by atoms with E-state index in [0.29, 0.717) is 39.9 Å². The summed E-state index contributed by atoms with van der Waals surface area (Å²) in [6.45, 7) is 0.323. The smallest absolute Gasteiger partial charge is 0.336 e.